The Hall–Kier alpha value is -1.69. The van der Waals surface area contributed by atoms with E-state index in [1.807, 2.05) is 6.07 Å². The van der Waals surface area contributed by atoms with Gasteiger partial charge in [0.25, 0.3) is 0 Å². The van der Waals surface area contributed by atoms with E-state index in [1.54, 1.807) is 30.1 Å². The number of nitrogens with two attached hydrogens (primary N) is 1. The molecule has 0 unspecified atom stereocenters. The molecular formula is C15H14BrF3N2. The Morgan fingerprint density at radius 1 is 1.14 bits per heavy atom. The van der Waals surface area contributed by atoms with Gasteiger partial charge in [0.1, 0.15) is 0 Å². The largest absolute Gasteiger partial charge is 0.418 e. The Balaban J connectivity index is 2.34. The fourth-order valence-corrected chi connectivity index (χ4v) is 2.46. The van der Waals surface area contributed by atoms with Crippen LogP contribution in [0.15, 0.2) is 46.9 Å². The van der Waals surface area contributed by atoms with Crippen molar-refractivity contribution in [2.75, 3.05) is 17.7 Å². The third kappa shape index (κ3) is 3.91. The summed E-state index contributed by atoms with van der Waals surface area (Å²) in [5.41, 5.74) is 6.60. The molecule has 2 aromatic carbocycles. The minimum atomic E-state index is -4.39. The highest BCUT2D eigenvalue weighted by atomic mass is 79.9. The van der Waals surface area contributed by atoms with Crippen LogP contribution in [0.1, 0.15) is 11.1 Å². The molecule has 0 radical (unpaired) electrons. The maximum Gasteiger partial charge on any atom is 0.418 e. The molecule has 0 spiro atoms. The van der Waals surface area contributed by atoms with Gasteiger partial charge >= 0.3 is 6.18 Å². The SMILES string of the molecule is CN(Cc1cccc(N)c1)c1cc(Br)ccc1C(F)(F)F. The van der Waals surface area contributed by atoms with Crippen LogP contribution in [0.25, 0.3) is 0 Å². The lowest BCUT2D eigenvalue weighted by molar-refractivity contribution is -0.137. The second-order valence-corrected chi connectivity index (χ2v) is 5.68. The van der Waals surface area contributed by atoms with Gasteiger partial charge in [0, 0.05) is 23.8 Å². The average molecular weight is 359 g/mol. The Labute approximate surface area is 129 Å². The molecule has 6 heteroatoms. The van der Waals surface area contributed by atoms with E-state index in [0.29, 0.717) is 16.7 Å². The smallest absolute Gasteiger partial charge is 0.399 e. The minimum absolute atomic E-state index is 0.124. The van der Waals surface area contributed by atoms with Crippen LogP contribution in [0.4, 0.5) is 24.5 Å². The molecule has 21 heavy (non-hydrogen) atoms. The lowest BCUT2D eigenvalue weighted by atomic mass is 10.1. The summed E-state index contributed by atoms with van der Waals surface area (Å²) in [7, 11) is 1.63. The van der Waals surface area contributed by atoms with E-state index in [4.69, 9.17) is 5.73 Å². The number of hydrogen-bond donors (Lipinski definition) is 1. The summed E-state index contributed by atoms with van der Waals surface area (Å²) in [6.45, 7) is 0.338. The van der Waals surface area contributed by atoms with E-state index in [-0.39, 0.29) is 5.69 Å². The molecule has 112 valence electrons. The molecule has 2 N–H and O–H groups in total. The number of nitrogen functional groups attached to an aromatic ring is 1. The first-order valence-corrected chi connectivity index (χ1v) is 6.99. The molecule has 0 saturated heterocycles. The summed E-state index contributed by atoms with van der Waals surface area (Å²) < 4.78 is 39.8. The highest BCUT2D eigenvalue weighted by Gasteiger charge is 2.34. The normalized spacial score (nSPS) is 11.5. The zero-order chi connectivity index (χ0) is 15.6. The van der Waals surface area contributed by atoms with E-state index >= 15 is 0 Å². The number of benzene rings is 2. The first-order chi connectivity index (χ1) is 9.77. The van der Waals surface area contributed by atoms with Gasteiger partial charge in [0.2, 0.25) is 0 Å². The first-order valence-electron chi connectivity index (χ1n) is 6.19. The number of halogens is 4. The van der Waals surface area contributed by atoms with Gasteiger partial charge in [-0.15, -0.1) is 0 Å². The number of hydrogen-bond acceptors (Lipinski definition) is 2. The van der Waals surface area contributed by atoms with Gasteiger partial charge in [0.15, 0.2) is 0 Å². The summed E-state index contributed by atoms with van der Waals surface area (Å²) in [6, 6.07) is 11.0. The first kappa shape index (κ1) is 15.7. The Morgan fingerprint density at radius 3 is 2.48 bits per heavy atom. The summed E-state index contributed by atoms with van der Waals surface area (Å²) in [6.07, 6.45) is -4.39. The monoisotopic (exact) mass is 358 g/mol. The van der Waals surface area contributed by atoms with E-state index in [2.05, 4.69) is 15.9 Å². The molecule has 0 aliphatic heterocycles. The fourth-order valence-electron chi connectivity index (χ4n) is 2.11. The van der Waals surface area contributed by atoms with Crippen molar-refractivity contribution in [1.82, 2.24) is 0 Å². The van der Waals surface area contributed by atoms with Crippen LogP contribution < -0.4 is 10.6 Å². The summed E-state index contributed by atoms with van der Waals surface area (Å²) in [4.78, 5) is 1.56. The second kappa shape index (κ2) is 5.97. The predicted octanol–water partition coefficient (Wildman–Crippen LogP) is 4.69. The quantitative estimate of drug-likeness (QED) is 0.806. The third-order valence-electron chi connectivity index (χ3n) is 3.05. The topological polar surface area (TPSA) is 29.3 Å². The summed E-state index contributed by atoms with van der Waals surface area (Å²) in [5, 5.41) is 0. The second-order valence-electron chi connectivity index (χ2n) is 4.76. The number of nitrogens with zero attached hydrogens (tertiary/aromatic N) is 1. The third-order valence-corrected chi connectivity index (χ3v) is 3.54. The molecule has 0 aromatic heterocycles. The highest BCUT2D eigenvalue weighted by molar-refractivity contribution is 9.10. The zero-order valence-corrected chi connectivity index (χ0v) is 12.9. The van der Waals surface area contributed by atoms with Crippen molar-refractivity contribution in [1.29, 1.82) is 0 Å². The predicted molar refractivity (Wildman–Crippen MR) is 82.1 cm³/mol. The average Bonchev–Trinajstić information content (AvgIpc) is 2.37. The zero-order valence-electron chi connectivity index (χ0n) is 11.3. The Kier molecular flexibility index (Phi) is 4.46. The van der Waals surface area contributed by atoms with Crippen LogP contribution in [0, 0.1) is 0 Å². The van der Waals surface area contributed by atoms with Crippen LogP contribution in [0.2, 0.25) is 0 Å². The van der Waals surface area contributed by atoms with Gasteiger partial charge in [-0.1, -0.05) is 28.1 Å². The van der Waals surface area contributed by atoms with Crippen molar-refractivity contribution >= 4 is 27.3 Å². The Morgan fingerprint density at radius 2 is 1.86 bits per heavy atom. The van der Waals surface area contributed by atoms with Crippen LogP contribution in [-0.2, 0) is 12.7 Å². The lowest BCUT2D eigenvalue weighted by Crippen LogP contribution is -2.21. The van der Waals surface area contributed by atoms with Gasteiger partial charge in [-0.05, 0) is 35.9 Å². The molecule has 0 heterocycles. The van der Waals surface area contributed by atoms with Gasteiger partial charge in [-0.3, -0.25) is 0 Å². The molecule has 0 amide bonds. The van der Waals surface area contributed by atoms with Gasteiger partial charge in [-0.2, -0.15) is 13.2 Å². The van der Waals surface area contributed by atoms with E-state index in [0.717, 1.165) is 11.6 Å². The van der Waals surface area contributed by atoms with Gasteiger partial charge < -0.3 is 10.6 Å². The van der Waals surface area contributed by atoms with E-state index in [9.17, 15) is 13.2 Å². The van der Waals surface area contributed by atoms with Crippen LogP contribution in [0.5, 0.6) is 0 Å². The molecule has 2 aromatic rings. The molecule has 0 aliphatic carbocycles. The van der Waals surface area contributed by atoms with Crippen LogP contribution in [0.3, 0.4) is 0 Å². The maximum absolute atomic E-state index is 13.1. The fraction of sp³-hybridized carbons (Fsp3) is 0.200. The molecular weight excluding hydrogens is 345 g/mol. The van der Waals surface area contributed by atoms with Crippen molar-refractivity contribution < 1.29 is 13.2 Å². The highest BCUT2D eigenvalue weighted by Crippen LogP contribution is 2.38. The van der Waals surface area contributed by atoms with Crippen LogP contribution >= 0.6 is 15.9 Å². The van der Waals surface area contributed by atoms with Crippen molar-refractivity contribution in [2.45, 2.75) is 12.7 Å². The lowest BCUT2D eigenvalue weighted by Gasteiger charge is -2.24. The van der Waals surface area contributed by atoms with Gasteiger partial charge in [-0.25, -0.2) is 0 Å². The summed E-state index contributed by atoms with van der Waals surface area (Å²) in [5.74, 6) is 0. The van der Waals surface area contributed by atoms with Crippen molar-refractivity contribution in [3.05, 3.63) is 58.1 Å². The van der Waals surface area contributed by atoms with Crippen molar-refractivity contribution in [3.63, 3.8) is 0 Å². The number of rotatable bonds is 3. The number of anilines is 2. The van der Waals surface area contributed by atoms with Crippen molar-refractivity contribution in [2.24, 2.45) is 0 Å². The van der Waals surface area contributed by atoms with E-state index < -0.39 is 11.7 Å². The number of alkyl halides is 3. The van der Waals surface area contributed by atoms with Crippen LogP contribution in [-0.4, -0.2) is 7.05 Å². The molecule has 0 fully saturated rings. The standard InChI is InChI=1S/C15H14BrF3N2/c1-21(9-10-3-2-4-12(20)7-10)14-8-11(16)5-6-13(14)15(17,18)19/h2-8H,9,20H2,1H3. The minimum Gasteiger partial charge on any atom is -0.399 e. The van der Waals surface area contributed by atoms with E-state index in [1.165, 1.54) is 12.1 Å². The Bertz CT molecular complexity index is 641. The maximum atomic E-state index is 13.1. The summed E-state index contributed by atoms with van der Waals surface area (Å²) >= 11 is 3.21. The molecule has 0 atom stereocenters. The molecule has 0 bridgehead atoms. The van der Waals surface area contributed by atoms with Crippen molar-refractivity contribution in [3.8, 4) is 0 Å². The van der Waals surface area contributed by atoms with Gasteiger partial charge in [0.05, 0.1) is 11.3 Å². The molecule has 0 saturated carbocycles. The molecule has 2 rings (SSSR count). The molecule has 0 aliphatic rings. The molecule has 2 nitrogen and oxygen atoms in total.